The van der Waals surface area contributed by atoms with Crippen molar-refractivity contribution in [3.63, 3.8) is 0 Å². The molecule has 0 amide bonds. The fraction of sp³-hybridized carbons (Fsp3) is 0.681. The van der Waals surface area contributed by atoms with Gasteiger partial charge in [-0.2, -0.15) is 0 Å². The van der Waals surface area contributed by atoms with Crippen molar-refractivity contribution >= 4 is 17.9 Å². The summed E-state index contributed by atoms with van der Waals surface area (Å²) in [6.45, 7) is 6.50. The van der Waals surface area contributed by atoms with E-state index in [-0.39, 0.29) is 31.1 Å². The maximum absolute atomic E-state index is 12.9. The van der Waals surface area contributed by atoms with E-state index < -0.39 is 6.10 Å². The summed E-state index contributed by atoms with van der Waals surface area (Å²) >= 11 is 0. The molecule has 78 heavy (non-hydrogen) atoms. The van der Waals surface area contributed by atoms with Gasteiger partial charge in [0.25, 0.3) is 0 Å². The van der Waals surface area contributed by atoms with Gasteiger partial charge in [-0.3, -0.25) is 14.4 Å². The summed E-state index contributed by atoms with van der Waals surface area (Å²) in [5.41, 5.74) is 0. The molecule has 6 heteroatoms. The highest BCUT2D eigenvalue weighted by atomic mass is 16.6. The van der Waals surface area contributed by atoms with Gasteiger partial charge >= 0.3 is 17.9 Å². The van der Waals surface area contributed by atoms with E-state index in [1.165, 1.54) is 135 Å². The number of hydrogen-bond donors (Lipinski definition) is 0. The van der Waals surface area contributed by atoms with Crippen LogP contribution in [0.4, 0.5) is 0 Å². The Balaban J connectivity index is 4.31. The zero-order valence-electron chi connectivity index (χ0n) is 50.9. The molecule has 1 atom stereocenters. The minimum absolute atomic E-state index is 0.0894. The molecule has 0 saturated heterocycles. The molecule has 0 aromatic rings. The Morgan fingerprint density at radius 1 is 0.269 bits per heavy atom. The van der Waals surface area contributed by atoms with E-state index in [9.17, 15) is 14.4 Å². The van der Waals surface area contributed by atoms with Crippen LogP contribution < -0.4 is 0 Å². The third kappa shape index (κ3) is 62.7. The first kappa shape index (κ1) is 73.8. The van der Waals surface area contributed by atoms with Gasteiger partial charge in [-0.1, -0.05) is 303 Å². The number of ether oxygens (including phenoxy) is 3. The largest absolute Gasteiger partial charge is 0.462 e. The van der Waals surface area contributed by atoms with Crippen LogP contribution in [0.15, 0.2) is 122 Å². The molecule has 0 aliphatic carbocycles. The Morgan fingerprint density at radius 3 is 0.782 bits per heavy atom. The monoisotopic (exact) mass is 1080 g/mol. The van der Waals surface area contributed by atoms with E-state index in [1.54, 1.807) is 0 Å². The Bertz CT molecular complexity index is 1620. The van der Waals surface area contributed by atoms with Gasteiger partial charge < -0.3 is 14.2 Å². The van der Waals surface area contributed by atoms with Crippen LogP contribution in [0.2, 0.25) is 0 Å². The molecule has 0 fully saturated rings. The summed E-state index contributed by atoms with van der Waals surface area (Å²) in [5, 5.41) is 0. The second-order valence-corrected chi connectivity index (χ2v) is 21.3. The third-order valence-corrected chi connectivity index (χ3v) is 13.7. The van der Waals surface area contributed by atoms with Gasteiger partial charge in [0.15, 0.2) is 6.10 Å². The first-order valence-electron chi connectivity index (χ1n) is 32.5. The normalized spacial score (nSPS) is 12.9. The van der Waals surface area contributed by atoms with Crippen molar-refractivity contribution in [2.24, 2.45) is 0 Å². The standard InChI is InChI=1S/C72H120O6/c1-4-7-10-13-16-19-22-24-26-28-29-30-31-32-33-34-35-36-37-38-39-40-41-42-43-45-46-48-50-53-56-59-62-65-71(74)77-68-69(67-76-70(73)64-61-58-55-52-21-18-15-12-9-6-3)78-72(75)66-63-60-57-54-51-49-47-44-27-25-23-20-17-14-11-8-5-2/h7,10,16,19,24,26,29-30,32-33,35-36,38-39,41-42,45-46,50,53,69H,4-6,8-9,11-15,17-18,20-23,25,27-28,31,34,37,40,43-44,47-49,51-52,54-68H2,1-3H3/b10-7-,19-16-,26-24-,30-29-,33-32-,36-35-,39-38-,42-41-,46-45-,53-50-. The van der Waals surface area contributed by atoms with E-state index in [4.69, 9.17) is 14.2 Å². The smallest absolute Gasteiger partial charge is 0.306 e. The van der Waals surface area contributed by atoms with Crippen LogP contribution in [0, 0.1) is 0 Å². The lowest BCUT2D eigenvalue weighted by Crippen LogP contribution is -2.30. The molecule has 0 saturated carbocycles. The van der Waals surface area contributed by atoms with Crippen LogP contribution in [0.3, 0.4) is 0 Å². The molecule has 1 unspecified atom stereocenters. The van der Waals surface area contributed by atoms with Gasteiger partial charge in [-0.05, 0) is 96.3 Å². The summed E-state index contributed by atoms with van der Waals surface area (Å²) < 4.78 is 16.8. The highest BCUT2D eigenvalue weighted by Crippen LogP contribution is 2.16. The van der Waals surface area contributed by atoms with Crippen LogP contribution in [0.5, 0.6) is 0 Å². The number of unbranched alkanes of at least 4 members (excludes halogenated alkanes) is 27. The van der Waals surface area contributed by atoms with Gasteiger partial charge in [0.2, 0.25) is 0 Å². The summed E-state index contributed by atoms with van der Waals surface area (Å²) in [7, 11) is 0. The summed E-state index contributed by atoms with van der Waals surface area (Å²) in [5.74, 6) is -0.929. The number of carbonyl (C=O) groups is 3. The highest BCUT2D eigenvalue weighted by molar-refractivity contribution is 5.71. The van der Waals surface area contributed by atoms with E-state index in [2.05, 4.69) is 142 Å². The minimum atomic E-state index is -0.795. The molecule has 0 spiro atoms. The van der Waals surface area contributed by atoms with Crippen molar-refractivity contribution in [1.29, 1.82) is 0 Å². The summed E-state index contributed by atoms with van der Waals surface area (Å²) in [4.78, 5) is 38.2. The third-order valence-electron chi connectivity index (χ3n) is 13.7. The van der Waals surface area contributed by atoms with Crippen LogP contribution in [0.25, 0.3) is 0 Å². The Morgan fingerprint density at radius 2 is 0.500 bits per heavy atom. The second kappa shape index (κ2) is 65.3. The molecule has 0 aromatic heterocycles. The Labute approximate surface area is 482 Å². The number of carbonyl (C=O) groups excluding carboxylic acids is 3. The van der Waals surface area contributed by atoms with E-state index in [0.717, 1.165) is 122 Å². The maximum atomic E-state index is 12.9. The second-order valence-electron chi connectivity index (χ2n) is 21.3. The van der Waals surface area contributed by atoms with Crippen LogP contribution in [0.1, 0.15) is 297 Å². The summed E-state index contributed by atoms with van der Waals surface area (Å²) in [6, 6.07) is 0. The fourth-order valence-electron chi connectivity index (χ4n) is 8.88. The number of rotatable bonds is 58. The maximum Gasteiger partial charge on any atom is 0.306 e. The molecular formula is C72H120O6. The molecule has 0 N–H and O–H groups in total. The average Bonchev–Trinajstić information content (AvgIpc) is 3.44. The zero-order chi connectivity index (χ0) is 56.4. The lowest BCUT2D eigenvalue weighted by molar-refractivity contribution is -0.167. The van der Waals surface area contributed by atoms with Crippen molar-refractivity contribution in [1.82, 2.24) is 0 Å². The Hall–Kier alpha value is -4.19. The molecule has 0 radical (unpaired) electrons. The van der Waals surface area contributed by atoms with E-state index in [1.807, 2.05) is 0 Å². The molecule has 6 nitrogen and oxygen atoms in total. The quantitative estimate of drug-likeness (QED) is 0.0261. The molecule has 0 aliphatic heterocycles. The van der Waals surface area contributed by atoms with Gasteiger partial charge in [0, 0.05) is 19.3 Å². The van der Waals surface area contributed by atoms with Gasteiger partial charge in [-0.15, -0.1) is 0 Å². The first-order chi connectivity index (χ1) is 38.5. The minimum Gasteiger partial charge on any atom is -0.462 e. The van der Waals surface area contributed by atoms with Crippen molar-refractivity contribution < 1.29 is 28.6 Å². The van der Waals surface area contributed by atoms with Crippen molar-refractivity contribution in [2.75, 3.05) is 13.2 Å². The molecule has 0 aromatic carbocycles. The SMILES string of the molecule is CC/C=C\C/C=C\C/C=C\C/C=C\C/C=C\C/C=C\C/C=C\C/C=C\C/C=C\C/C=C\CCCCC(=O)OCC(COC(=O)CCCCCCCCCCCC)OC(=O)CCCCCCCCCCCCCCCCCCC. The first-order valence-corrected chi connectivity index (χ1v) is 32.5. The molecule has 0 rings (SSSR count). The number of allylic oxidation sites excluding steroid dienone is 20. The van der Waals surface area contributed by atoms with E-state index in [0.29, 0.717) is 19.3 Å². The molecule has 0 heterocycles. The Kier molecular flexibility index (Phi) is 61.8. The lowest BCUT2D eigenvalue weighted by Gasteiger charge is -2.18. The lowest BCUT2D eigenvalue weighted by atomic mass is 10.0. The molecule has 444 valence electrons. The van der Waals surface area contributed by atoms with Crippen LogP contribution >= 0.6 is 0 Å². The topological polar surface area (TPSA) is 78.9 Å². The van der Waals surface area contributed by atoms with Crippen molar-refractivity contribution in [3.05, 3.63) is 122 Å². The molecule has 0 bridgehead atoms. The number of hydrogen-bond acceptors (Lipinski definition) is 6. The molecular weight excluding hydrogens is 961 g/mol. The fourth-order valence-corrected chi connectivity index (χ4v) is 8.88. The van der Waals surface area contributed by atoms with Crippen LogP contribution in [-0.2, 0) is 28.6 Å². The van der Waals surface area contributed by atoms with Crippen molar-refractivity contribution in [2.45, 2.75) is 303 Å². The van der Waals surface area contributed by atoms with Crippen molar-refractivity contribution in [3.8, 4) is 0 Å². The highest BCUT2D eigenvalue weighted by Gasteiger charge is 2.19. The number of esters is 3. The molecule has 0 aliphatic rings. The van der Waals surface area contributed by atoms with Gasteiger partial charge in [0.05, 0.1) is 0 Å². The zero-order valence-corrected chi connectivity index (χ0v) is 50.9. The predicted molar refractivity (Wildman–Crippen MR) is 339 cm³/mol. The predicted octanol–water partition coefficient (Wildman–Crippen LogP) is 22.4. The van der Waals surface area contributed by atoms with E-state index >= 15 is 0 Å². The van der Waals surface area contributed by atoms with Gasteiger partial charge in [-0.25, -0.2) is 0 Å². The van der Waals surface area contributed by atoms with Crippen LogP contribution in [-0.4, -0.2) is 37.2 Å². The summed E-state index contributed by atoms with van der Waals surface area (Å²) in [6.07, 6.45) is 90.7. The average molecular weight is 1080 g/mol. The van der Waals surface area contributed by atoms with Gasteiger partial charge in [0.1, 0.15) is 13.2 Å².